The minimum absolute atomic E-state index is 0.0589. The van der Waals surface area contributed by atoms with Crippen LogP contribution in [0.4, 0.5) is 0 Å². The number of hydrogen-bond donors (Lipinski definition) is 2. The van der Waals surface area contributed by atoms with Gasteiger partial charge in [0.2, 0.25) is 0 Å². The second-order valence-electron chi connectivity index (χ2n) is 5.03. The number of carbonyl (C=O) groups excluding carboxylic acids is 1. The zero-order valence-electron chi connectivity index (χ0n) is 13.3. The molecule has 2 aromatic carbocycles. The number of carbonyl (C=O) groups is 1. The van der Waals surface area contributed by atoms with Gasteiger partial charge in [-0.25, -0.2) is 0 Å². The molecule has 0 heterocycles. The molecule has 7 nitrogen and oxygen atoms in total. The van der Waals surface area contributed by atoms with Crippen molar-refractivity contribution in [2.45, 2.75) is 11.8 Å². The Bertz CT molecular complexity index is 879. The number of halogens is 1. The van der Waals surface area contributed by atoms with Crippen molar-refractivity contribution in [1.29, 1.82) is 0 Å². The van der Waals surface area contributed by atoms with Gasteiger partial charge in [0.15, 0.2) is 6.61 Å². The summed E-state index contributed by atoms with van der Waals surface area (Å²) in [7, 11) is -3.78. The van der Waals surface area contributed by atoms with Crippen LogP contribution in [0.15, 0.2) is 58.5 Å². The van der Waals surface area contributed by atoms with Crippen molar-refractivity contribution in [2.24, 2.45) is 10.8 Å². The predicted octanol–water partition coefficient (Wildman–Crippen LogP) is 1.91. The highest BCUT2D eigenvalue weighted by Crippen LogP contribution is 2.15. The summed E-state index contributed by atoms with van der Waals surface area (Å²) in [6.45, 7) is 1.44. The maximum atomic E-state index is 12.2. The van der Waals surface area contributed by atoms with Crippen LogP contribution in [0.3, 0.4) is 0 Å². The van der Waals surface area contributed by atoms with E-state index in [9.17, 15) is 13.2 Å². The second kappa shape index (κ2) is 8.00. The molecule has 132 valence electrons. The largest absolute Gasteiger partial charge is 0.484 e. The molecule has 0 unspecified atom stereocenters. The maximum Gasteiger partial charge on any atom is 0.276 e. The van der Waals surface area contributed by atoms with Crippen LogP contribution in [0.2, 0.25) is 5.02 Å². The Kier molecular flexibility index (Phi) is 6.00. The number of benzene rings is 2. The summed E-state index contributed by atoms with van der Waals surface area (Å²) in [6, 6.07) is 12.4. The van der Waals surface area contributed by atoms with Gasteiger partial charge in [-0.1, -0.05) is 11.6 Å². The molecule has 3 N–H and O–H groups in total. The van der Waals surface area contributed by atoms with Crippen molar-refractivity contribution >= 4 is 33.2 Å². The Morgan fingerprint density at radius 3 is 2.32 bits per heavy atom. The van der Waals surface area contributed by atoms with Crippen molar-refractivity contribution in [3.05, 3.63) is 59.1 Å². The number of nitrogens with zero attached hydrogens (tertiary/aromatic N) is 1. The number of sulfonamides is 1. The second-order valence-corrected chi connectivity index (χ2v) is 7.12. The Labute approximate surface area is 150 Å². The summed E-state index contributed by atoms with van der Waals surface area (Å²) < 4.78 is 29.5. The van der Waals surface area contributed by atoms with Gasteiger partial charge in [-0.3, -0.25) is 4.79 Å². The van der Waals surface area contributed by atoms with E-state index in [1.54, 1.807) is 31.2 Å². The van der Waals surface area contributed by atoms with Gasteiger partial charge < -0.3 is 10.5 Å². The first-order valence-corrected chi connectivity index (χ1v) is 8.97. The lowest BCUT2D eigenvalue weighted by atomic mass is 10.1. The first kappa shape index (κ1) is 18.8. The number of primary amides is 1. The Balaban J connectivity index is 2.07. The molecule has 2 rings (SSSR count). The third kappa shape index (κ3) is 5.47. The standard InChI is InChI=1S/C16H16ClN3O4S/c1-11(12-2-6-14(7-3-12)24-10-16(18)21)19-20-25(22,23)15-8-4-13(17)5-9-15/h2-9,20H,10H2,1H3,(H2,18,21)/b19-11+. The SMILES string of the molecule is C/C(=N\NS(=O)(=O)c1ccc(Cl)cc1)c1ccc(OCC(N)=O)cc1. The molecule has 0 bridgehead atoms. The van der Waals surface area contributed by atoms with Crippen LogP contribution in [0.25, 0.3) is 0 Å². The fourth-order valence-electron chi connectivity index (χ4n) is 1.81. The van der Waals surface area contributed by atoms with Crippen LogP contribution in [0.5, 0.6) is 5.75 Å². The molecule has 2 aromatic rings. The average molecular weight is 382 g/mol. The predicted molar refractivity (Wildman–Crippen MR) is 95.1 cm³/mol. The molecule has 0 saturated carbocycles. The molecular weight excluding hydrogens is 366 g/mol. The monoisotopic (exact) mass is 381 g/mol. The molecular formula is C16H16ClN3O4S. The summed E-state index contributed by atoms with van der Waals surface area (Å²) in [5.74, 6) is -0.101. The van der Waals surface area contributed by atoms with Gasteiger partial charge in [-0.15, -0.1) is 0 Å². The van der Waals surface area contributed by atoms with E-state index in [4.69, 9.17) is 22.1 Å². The molecule has 9 heteroatoms. The van der Waals surface area contributed by atoms with Crippen LogP contribution >= 0.6 is 11.6 Å². The van der Waals surface area contributed by atoms with E-state index in [0.717, 1.165) is 0 Å². The topological polar surface area (TPSA) is 111 Å². The van der Waals surface area contributed by atoms with E-state index in [1.807, 2.05) is 0 Å². The highest BCUT2D eigenvalue weighted by Gasteiger charge is 2.12. The molecule has 0 spiro atoms. The Morgan fingerprint density at radius 2 is 1.76 bits per heavy atom. The minimum Gasteiger partial charge on any atom is -0.484 e. The number of ether oxygens (including phenoxy) is 1. The van der Waals surface area contributed by atoms with E-state index in [1.165, 1.54) is 24.3 Å². The first-order valence-electron chi connectivity index (χ1n) is 7.11. The molecule has 0 aliphatic heterocycles. The van der Waals surface area contributed by atoms with Gasteiger partial charge in [0, 0.05) is 5.02 Å². The van der Waals surface area contributed by atoms with Gasteiger partial charge in [-0.05, 0) is 61.0 Å². The molecule has 25 heavy (non-hydrogen) atoms. The molecule has 1 amide bonds. The summed E-state index contributed by atoms with van der Waals surface area (Å²) in [4.78, 5) is 12.9. The van der Waals surface area contributed by atoms with Crippen LogP contribution in [0, 0.1) is 0 Å². The summed E-state index contributed by atoms with van der Waals surface area (Å²) in [5.41, 5.74) is 6.14. The van der Waals surface area contributed by atoms with Crippen LogP contribution in [-0.4, -0.2) is 26.6 Å². The van der Waals surface area contributed by atoms with Crippen molar-refractivity contribution in [3.8, 4) is 5.75 Å². The van der Waals surface area contributed by atoms with Crippen LogP contribution < -0.4 is 15.3 Å². The van der Waals surface area contributed by atoms with Gasteiger partial charge in [0.25, 0.3) is 15.9 Å². The van der Waals surface area contributed by atoms with Crippen LogP contribution in [-0.2, 0) is 14.8 Å². The Morgan fingerprint density at radius 1 is 1.16 bits per heavy atom. The van der Waals surface area contributed by atoms with Crippen LogP contribution in [0.1, 0.15) is 12.5 Å². The average Bonchev–Trinajstić information content (AvgIpc) is 2.59. The highest BCUT2D eigenvalue weighted by atomic mass is 35.5. The zero-order chi connectivity index (χ0) is 18.4. The minimum atomic E-state index is -3.78. The summed E-state index contributed by atoms with van der Waals surface area (Å²) in [6.07, 6.45) is 0. The normalized spacial score (nSPS) is 11.8. The van der Waals surface area contributed by atoms with E-state index >= 15 is 0 Å². The van der Waals surface area contributed by atoms with E-state index in [0.29, 0.717) is 22.0 Å². The number of rotatable bonds is 7. The molecule has 0 atom stereocenters. The van der Waals surface area contributed by atoms with E-state index < -0.39 is 15.9 Å². The lowest BCUT2D eigenvalue weighted by Crippen LogP contribution is -2.20. The smallest absolute Gasteiger partial charge is 0.276 e. The molecule has 0 radical (unpaired) electrons. The van der Waals surface area contributed by atoms with Gasteiger partial charge in [0.1, 0.15) is 5.75 Å². The lowest BCUT2D eigenvalue weighted by molar-refractivity contribution is -0.119. The molecule has 0 aliphatic carbocycles. The molecule has 0 fully saturated rings. The quantitative estimate of drug-likeness (QED) is 0.563. The number of amides is 1. The summed E-state index contributed by atoms with van der Waals surface area (Å²) >= 11 is 5.74. The van der Waals surface area contributed by atoms with Gasteiger partial charge in [-0.2, -0.15) is 18.4 Å². The molecule has 0 aliphatic rings. The first-order chi connectivity index (χ1) is 11.8. The number of hydrazone groups is 1. The number of nitrogens with one attached hydrogen (secondary N) is 1. The number of nitrogens with two attached hydrogens (primary N) is 1. The third-order valence-electron chi connectivity index (χ3n) is 3.11. The fraction of sp³-hybridized carbons (Fsp3) is 0.125. The summed E-state index contributed by atoms with van der Waals surface area (Å²) in [5, 5.41) is 4.34. The number of hydrogen-bond acceptors (Lipinski definition) is 5. The molecule has 0 aromatic heterocycles. The zero-order valence-corrected chi connectivity index (χ0v) is 14.8. The fourth-order valence-corrected chi connectivity index (χ4v) is 2.79. The van der Waals surface area contributed by atoms with Crippen molar-refractivity contribution in [2.75, 3.05) is 6.61 Å². The lowest BCUT2D eigenvalue weighted by Gasteiger charge is -2.07. The molecule has 0 saturated heterocycles. The Hall–Kier alpha value is -2.58. The van der Waals surface area contributed by atoms with Gasteiger partial charge in [0.05, 0.1) is 10.6 Å². The van der Waals surface area contributed by atoms with E-state index in [-0.39, 0.29) is 11.5 Å². The van der Waals surface area contributed by atoms with Gasteiger partial charge >= 0.3 is 0 Å². The third-order valence-corrected chi connectivity index (χ3v) is 4.59. The highest BCUT2D eigenvalue weighted by molar-refractivity contribution is 7.89. The van der Waals surface area contributed by atoms with Crippen molar-refractivity contribution in [1.82, 2.24) is 4.83 Å². The maximum absolute atomic E-state index is 12.2. The van der Waals surface area contributed by atoms with Crippen molar-refractivity contribution in [3.63, 3.8) is 0 Å². The van der Waals surface area contributed by atoms with Crippen molar-refractivity contribution < 1.29 is 17.9 Å². The van der Waals surface area contributed by atoms with E-state index in [2.05, 4.69) is 9.93 Å².